The Balaban J connectivity index is 3.17. The lowest BCUT2D eigenvalue weighted by atomic mass is 10.2. The SMILES string of the molecule is Cc1cc(S)ccc1N. The van der Waals surface area contributed by atoms with Crippen LogP contribution in [-0.4, -0.2) is 0 Å². The van der Waals surface area contributed by atoms with E-state index in [-0.39, 0.29) is 0 Å². The Morgan fingerprint density at radius 2 is 2.11 bits per heavy atom. The summed E-state index contributed by atoms with van der Waals surface area (Å²) in [4.78, 5) is 0.960. The summed E-state index contributed by atoms with van der Waals surface area (Å²) in [5, 5.41) is 0. The van der Waals surface area contributed by atoms with Gasteiger partial charge in [-0.05, 0) is 30.7 Å². The summed E-state index contributed by atoms with van der Waals surface area (Å²) in [5.41, 5.74) is 7.47. The van der Waals surface area contributed by atoms with Crippen LogP contribution in [0.1, 0.15) is 5.56 Å². The highest BCUT2D eigenvalue weighted by Crippen LogP contribution is 2.14. The zero-order chi connectivity index (χ0) is 6.85. The standard InChI is InChI=1S/C7H9NS/c1-5-4-6(9)2-3-7(5)8/h2-4,9H,8H2,1H3. The fourth-order valence-electron chi connectivity index (χ4n) is 0.660. The molecule has 0 aliphatic rings. The first-order valence-corrected chi connectivity index (χ1v) is 3.20. The number of aryl methyl sites for hydroxylation is 1. The van der Waals surface area contributed by atoms with Gasteiger partial charge < -0.3 is 5.73 Å². The van der Waals surface area contributed by atoms with Crippen LogP contribution in [0.4, 0.5) is 5.69 Å². The molecule has 1 aromatic rings. The maximum absolute atomic E-state index is 5.55. The molecule has 0 aliphatic heterocycles. The summed E-state index contributed by atoms with van der Waals surface area (Å²) in [7, 11) is 0. The molecule has 0 saturated heterocycles. The fraction of sp³-hybridized carbons (Fsp3) is 0.143. The summed E-state index contributed by atoms with van der Waals surface area (Å²) < 4.78 is 0. The molecular formula is C7H9NS. The molecule has 48 valence electrons. The van der Waals surface area contributed by atoms with Crippen LogP contribution in [0.15, 0.2) is 23.1 Å². The topological polar surface area (TPSA) is 26.0 Å². The minimum Gasteiger partial charge on any atom is -0.399 e. The van der Waals surface area contributed by atoms with Crippen LogP contribution >= 0.6 is 12.6 Å². The van der Waals surface area contributed by atoms with Crippen LogP contribution in [-0.2, 0) is 0 Å². The van der Waals surface area contributed by atoms with Crippen LogP contribution in [0.3, 0.4) is 0 Å². The van der Waals surface area contributed by atoms with E-state index in [1.807, 2.05) is 25.1 Å². The number of thiol groups is 1. The van der Waals surface area contributed by atoms with Gasteiger partial charge in [-0.25, -0.2) is 0 Å². The summed E-state index contributed by atoms with van der Waals surface area (Å²) >= 11 is 4.15. The Hall–Kier alpha value is -0.630. The summed E-state index contributed by atoms with van der Waals surface area (Å²) in [5.74, 6) is 0. The monoisotopic (exact) mass is 139 g/mol. The van der Waals surface area contributed by atoms with Gasteiger partial charge in [0.05, 0.1) is 0 Å². The van der Waals surface area contributed by atoms with Crippen molar-refractivity contribution < 1.29 is 0 Å². The van der Waals surface area contributed by atoms with Crippen molar-refractivity contribution in [1.82, 2.24) is 0 Å². The smallest absolute Gasteiger partial charge is 0.0344 e. The van der Waals surface area contributed by atoms with Crippen molar-refractivity contribution in [3.05, 3.63) is 23.8 Å². The molecule has 2 heteroatoms. The average Bonchev–Trinajstić information content (AvgIpc) is 1.80. The van der Waals surface area contributed by atoms with E-state index in [1.54, 1.807) is 0 Å². The number of hydrogen-bond donors (Lipinski definition) is 2. The number of nitrogens with two attached hydrogens (primary N) is 1. The van der Waals surface area contributed by atoms with Gasteiger partial charge in [-0.15, -0.1) is 12.6 Å². The molecule has 0 amide bonds. The van der Waals surface area contributed by atoms with Crippen LogP contribution in [0, 0.1) is 6.92 Å². The summed E-state index contributed by atoms with van der Waals surface area (Å²) in [6.45, 7) is 1.97. The molecule has 0 heterocycles. The molecule has 0 bridgehead atoms. The van der Waals surface area contributed by atoms with Gasteiger partial charge in [-0.1, -0.05) is 0 Å². The molecule has 1 aromatic carbocycles. The van der Waals surface area contributed by atoms with Crippen molar-refractivity contribution >= 4 is 18.3 Å². The van der Waals surface area contributed by atoms with Gasteiger partial charge >= 0.3 is 0 Å². The fourth-order valence-corrected chi connectivity index (χ4v) is 0.928. The molecule has 2 N–H and O–H groups in total. The highest BCUT2D eigenvalue weighted by atomic mass is 32.1. The van der Waals surface area contributed by atoms with E-state index >= 15 is 0 Å². The van der Waals surface area contributed by atoms with E-state index in [1.165, 1.54) is 0 Å². The van der Waals surface area contributed by atoms with Crippen LogP contribution in [0.2, 0.25) is 0 Å². The third-order valence-corrected chi connectivity index (χ3v) is 1.53. The Morgan fingerprint density at radius 3 is 2.56 bits per heavy atom. The lowest BCUT2D eigenvalue weighted by Crippen LogP contribution is -1.87. The van der Waals surface area contributed by atoms with E-state index in [0.29, 0.717) is 0 Å². The molecule has 0 unspecified atom stereocenters. The lowest BCUT2D eigenvalue weighted by molar-refractivity contribution is 1.37. The van der Waals surface area contributed by atoms with Crippen molar-refractivity contribution in [2.24, 2.45) is 0 Å². The Morgan fingerprint density at radius 1 is 1.44 bits per heavy atom. The second kappa shape index (κ2) is 2.31. The predicted molar refractivity (Wildman–Crippen MR) is 42.8 cm³/mol. The minimum absolute atomic E-state index is 0.827. The molecule has 0 spiro atoms. The first-order chi connectivity index (χ1) is 4.20. The van der Waals surface area contributed by atoms with Gasteiger partial charge in [-0.2, -0.15) is 0 Å². The number of nitrogen functional groups attached to an aromatic ring is 1. The van der Waals surface area contributed by atoms with Gasteiger partial charge in [-0.3, -0.25) is 0 Å². The van der Waals surface area contributed by atoms with Gasteiger partial charge in [0.2, 0.25) is 0 Å². The molecule has 0 atom stereocenters. The van der Waals surface area contributed by atoms with Crippen LogP contribution in [0.5, 0.6) is 0 Å². The van der Waals surface area contributed by atoms with Crippen molar-refractivity contribution in [2.75, 3.05) is 5.73 Å². The van der Waals surface area contributed by atoms with Crippen molar-refractivity contribution in [3.63, 3.8) is 0 Å². The Kier molecular flexibility index (Phi) is 1.67. The zero-order valence-corrected chi connectivity index (χ0v) is 6.15. The van der Waals surface area contributed by atoms with Crippen molar-refractivity contribution in [3.8, 4) is 0 Å². The molecule has 0 radical (unpaired) electrons. The molecule has 0 aliphatic carbocycles. The molecule has 0 aromatic heterocycles. The Labute approximate surface area is 60.3 Å². The quantitative estimate of drug-likeness (QED) is 0.416. The van der Waals surface area contributed by atoms with Crippen molar-refractivity contribution in [2.45, 2.75) is 11.8 Å². The second-order valence-electron chi connectivity index (χ2n) is 2.04. The number of rotatable bonds is 0. The minimum atomic E-state index is 0.827. The first-order valence-electron chi connectivity index (χ1n) is 2.75. The van der Waals surface area contributed by atoms with Gasteiger partial charge in [0.15, 0.2) is 0 Å². The second-order valence-corrected chi connectivity index (χ2v) is 2.56. The number of anilines is 1. The van der Waals surface area contributed by atoms with E-state index in [2.05, 4.69) is 12.6 Å². The largest absolute Gasteiger partial charge is 0.399 e. The highest BCUT2D eigenvalue weighted by Gasteiger charge is 1.90. The Bertz CT molecular complexity index is 220. The molecule has 1 rings (SSSR count). The van der Waals surface area contributed by atoms with Gasteiger partial charge in [0.25, 0.3) is 0 Å². The maximum Gasteiger partial charge on any atom is 0.0344 e. The molecule has 0 fully saturated rings. The van der Waals surface area contributed by atoms with E-state index in [4.69, 9.17) is 5.73 Å². The molecule has 1 nitrogen and oxygen atoms in total. The summed E-state index contributed by atoms with van der Waals surface area (Å²) in [6, 6.07) is 5.68. The van der Waals surface area contributed by atoms with Gasteiger partial charge in [0.1, 0.15) is 0 Å². The van der Waals surface area contributed by atoms with Gasteiger partial charge in [0, 0.05) is 10.6 Å². The molecule has 9 heavy (non-hydrogen) atoms. The zero-order valence-electron chi connectivity index (χ0n) is 5.26. The maximum atomic E-state index is 5.55. The average molecular weight is 139 g/mol. The molecular weight excluding hydrogens is 130 g/mol. The predicted octanol–water partition coefficient (Wildman–Crippen LogP) is 1.87. The van der Waals surface area contributed by atoms with E-state index in [0.717, 1.165) is 16.1 Å². The van der Waals surface area contributed by atoms with Crippen LogP contribution < -0.4 is 5.73 Å². The highest BCUT2D eigenvalue weighted by molar-refractivity contribution is 7.80. The number of benzene rings is 1. The molecule has 0 saturated carbocycles. The van der Waals surface area contributed by atoms with Crippen molar-refractivity contribution in [1.29, 1.82) is 0 Å². The van der Waals surface area contributed by atoms with E-state index < -0.39 is 0 Å². The third-order valence-electron chi connectivity index (χ3n) is 1.25. The summed E-state index contributed by atoms with van der Waals surface area (Å²) in [6.07, 6.45) is 0. The lowest BCUT2D eigenvalue weighted by Gasteiger charge is -1.97. The number of hydrogen-bond acceptors (Lipinski definition) is 2. The first kappa shape index (κ1) is 6.49. The van der Waals surface area contributed by atoms with Crippen LogP contribution in [0.25, 0.3) is 0 Å². The normalized spacial score (nSPS) is 9.56. The van der Waals surface area contributed by atoms with E-state index in [9.17, 15) is 0 Å². The third kappa shape index (κ3) is 1.39.